The highest BCUT2D eigenvalue weighted by Crippen LogP contribution is 2.41. The van der Waals surface area contributed by atoms with Crippen molar-refractivity contribution in [3.05, 3.63) is 35.9 Å². The van der Waals surface area contributed by atoms with Crippen molar-refractivity contribution in [3.63, 3.8) is 0 Å². The summed E-state index contributed by atoms with van der Waals surface area (Å²) < 4.78 is 0. The Bertz CT molecular complexity index is 390. The van der Waals surface area contributed by atoms with Crippen molar-refractivity contribution in [3.8, 4) is 0 Å². The zero-order valence-corrected chi connectivity index (χ0v) is 8.57. The van der Waals surface area contributed by atoms with Crippen LogP contribution in [0.5, 0.6) is 0 Å². The summed E-state index contributed by atoms with van der Waals surface area (Å²) >= 11 is 0. The molecule has 2 aliphatic rings. The van der Waals surface area contributed by atoms with Gasteiger partial charge in [0.1, 0.15) is 0 Å². The van der Waals surface area contributed by atoms with Crippen molar-refractivity contribution >= 4 is 6.03 Å². The lowest BCUT2D eigenvalue weighted by atomic mass is 9.88. The minimum atomic E-state index is -0.0572. The molecule has 1 unspecified atom stereocenters. The van der Waals surface area contributed by atoms with Gasteiger partial charge >= 0.3 is 6.03 Å². The second-order valence-electron chi connectivity index (χ2n) is 4.31. The number of carbonyl (C=O) groups is 1. The number of nitrogens with one attached hydrogen (secondary N) is 1. The van der Waals surface area contributed by atoms with Gasteiger partial charge in [0.05, 0.1) is 5.54 Å². The van der Waals surface area contributed by atoms with Crippen LogP contribution in [0.1, 0.15) is 18.4 Å². The topological polar surface area (TPSA) is 32.3 Å². The van der Waals surface area contributed by atoms with E-state index < -0.39 is 0 Å². The number of benzene rings is 1. The lowest BCUT2D eigenvalue weighted by Crippen LogP contribution is -2.39. The van der Waals surface area contributed by atoms with Crippen molar-refractivity contribution in [2.45, 2.75) is 18.4 Å². The van der Waals surface area contributed by atoms with E-state index in [1.807, 2.05) is 23.1 Å². The Labute approximate surface area is 89.1 Å². The Morgan fingerprint density at radius 2 is 2.07 bits per heavy atom. The minimum absolute atomic E-state index is 0.0572. The molecule has 15 heavy (non-hydrogen) atoms. The van der Waals surface area contributed by atoms with E-state index in [4.69, 9.17) is 0 Å². The molecule has 2 aliphatic heterocycles. The summed E-state index contributed by atoms with van der Waals surface area (Å²) in [6.45, 7) is 1.65. The summed E-state index contributed by atoms with van der Waals surface area (Å²) in [6.07, 6.45) is 2.19. The summed E-state index contributed by atoms with van der Waals surface area (Å²) in [7, 11) is 0. The number of nitrogens with zero attached hydrogens (tertiary/aromatic N) is 1. The van der Waals surface area contributed by atoms with E-state index in [0.717, 1.165) is 25.9 Å². The molecule has 1 N–H and O–H groups in total. The van der Waals surface area contributed by atoms with Gasteiger partial charge in [-0.3, -0.25) is 0 Å². The van der Waals surface area contributed by atoms with E-state index in [1.54, 1.807) is 0 Å². The van der Waals surface area contributed by atoms with Crippen molar-refractivity contribution < 1.29 is 4.79 Å². The molecular formula is C12H14N2O. The molecule has 2 heterocycles. The molecule has 0 aliphatic carbocycles. The minimum Gasteiger partial charge on any atom is -0.335 e. The predicted molar refractivity (Wildman–Crippen MR) is 57.5 cm³/mol. The molecule has 0 saturated carbocycles. The molecule has 0 bridgehead atoms. The monoisotopic (exact) mass is 202 g/mol. The zero-order chi connectivity index (χ0) is 10.3. The zero-order valence-electron chi connectivity index (χ0n) is 8.57. The molecule has 0 aromatic heterocycles. The number of urea groups is 1. The first-order valence-electron chi connectivity index (χ1n) is 5.44. The maximum absolute atomic E-state index is 11.6. The number of fused-ring (bicyclic) bond motifs is 1. The third-order valence-corrected chi connectivity index (χ3v) is 3.58. The smallest absolute Gasteiger partial charge is 0.318 e. The molecule has 2 amide bonds. The van der Waals surface area contributed by atoms with Crippen LogP contribution in [0.4, 0.5) is 4.79 Å². The SMILES string of the molecule is O=C1NCC2(c3ccccc3)CCCN12. The van der Waals surface area contributed by atoms with Crippen LogP contribution < -0.4 is 5.32 Å². The fraction of sp³-hybridized carbons (Fsp3) is 0.417. The molecule has 1 aromatic carbocycles. The molecule has 2 fully saturated rings. The maximum atomic E-state index is 11.6. The van der Waals surface area contributed by atoms with Crippen LogP contribution in [0.2, 0.25) is 0 Å². The van der Waals surface area contributed by atoms with Crippen molar-refractivity contribution in [2.75, 3.05) is 13.1 Å². The second kappa shape index (κ2) is 2.99. The third-order valence-electron chi connectivity index (χ3n) is 3.58. The Hall–Kier alpha value is -1.51. The standard InChI is InChI=1S/C12H14N2O/c15-11-13-9-12(7-4-8-14(11)12)10-5-2-1-3-6-10/h1-3,5-6H,4,7-9H2,(H,13,15). The van der Waals surface area contributed by atoms with E-state index in [1.165, 1.54) is 5.56 Å². The van der Waals surface area contributed by atoms with Gasteiger partial charge in [0, 0.05) is 13.1 Å². The van der Waals surface area contributed by atoms with E-state index in [0.29, 0.717) is 0 Å². The van der Waals surface area contributed by atoms with Gasteiger partial charge in [-0.25, -0.2) is 4.79 Å². The second-order valence-corrected chi connectivity index (χ2v) is 4.31. The number of hydrogen-bond acceptors (Lipinski definition) is 1. The van der Waals surface area contributed by atoms with Crippen LogP contribution in [0, 0.1) is 0 Å². The van der Waals surface area contributed by atoms with Crippen LogP contribution in [0.25, 0.3) is 0 Å². The van der Waals surface area contributed by atoms with E-state index in [-0.39, 0.29) is 11.6 Å². The molecule has 0 radical (unpaired) electrons. The van der Waals surface area contributed by atoms with Crippen molar-refractivity contribution in [1.82, 2.24) is 10.2 Å². The van der Waals surface area contributed by atoms with Crippen molar-refractivity contribution in [2.24, 2.45) is 0 Å². The van der Waals surface area contributed by atoms with E-state index >= 15 is 0 Å². The fourth-order valence-corrected chi connectivity index (χ4v) is 2.83. The lowest BCUT2D eigenvalue weighted by molar-refractivity contribution is 0.188. The first-order valence-corrected chi connectivity index (χ1v) is 5.44. The first-order chi connectivity index (χ1) is 7.33. The molecule has 3 heteroatoms. The number of amides is 2. The van der Waals surface area contributed by atoms with Crippen LogP contribution in [0.15, 0.2) is 30.3 Å². The number of rotatable bonds is 1. The first kappa shape index (κ1) is 8.77. The van der Waals surface area contributed by atoms with Crippen LogP contribution >= 0.6 is 0 Å². The molecule has 0 spiro atoms. The van der Waals surface area contributed by atoms with Gasteiger partial charge in [-0.05, 0) is 18.4 Å². The van der Waals surface area contributed by atoms with Crippen molar-refractivity contribution in [1.29, 1.82) is 0 Å². The normalized spacial score (nSPS) is 29.1. The highest BCUT2D eigenvalue weighted by atomic mass is 16.2. The largest absolute Gasteiger partial charge is 0.335 e. The molecule has 78 valence electrons. The quantitative estimate of drug-likeness (QED) is 0.738. The van der Waals surface area contributed by atoms with Gasteiger partial charge in [-0.15, -0.1) is 0 Å². The van der Waals surface area contributed by atoms with Gasteiger partial charge in [0.15, 0.2) is 0 Å². The summed E-state index contributed by atoms with van der Waals surface area (Å²) in [5.74, 6) is 0. The fourth-order valence-electron chi connectivity index (χ4n) is 2.83. The molecule has 1 atom stereocenters. The summed E-state index contributed by atoms with van der Waals surface area (Å²) in [5, 5.41) is 2.95. The Morgan fingerprint density at radius 3 is 2.87 bits per heavy atom. The number of carbonyl (C=O) groups excluding carboxylic acids is 1. The summed E-state index contributed by atoms with van der Waals surface area (Å²) in [4.78, 5) is 13.6. The van der Waals surface area contributed by atoms with Gasteiger partial charge < -0.3 is 10.2 Å². The van der Waals surface area contributed by atoms with Gasteiger partial charge in [-0.2, -0.15) is 0 Å². The lowest BCUT2D eigenvalue weighted by Gasteiger charge is -2.30. The molecular weight excluding hydrogens is 188 g/mol. The summed E-state index contributed by atoms with van der Waals surface area (Å²) in [6, 6.07) is 10.4. The molecule has 3 rings (SSSR count). The Morgan fingerprint density at radius 1 is 1.27 bits per heavy atom. The average Bonchev–Trinajstić information content (AvgIpc) is 2.83. The highest BCUT2D eigenvalue weighted by molar-refractivity contribution is 5.78. The Balaban J connectivity index is 2.06. The number of hydrogen-bond donors (Lipinski definition) is 1. The predicted octanol–water partition coefficient (Wildman–Crippen LogP) is 1.70. The van der Waals surface area contributed by atoms with Crippen LogP contribution in [-0.4, -0.2) is 24.0 Å². The third kappa shape index (κ3) is 1.09. The summed E-state index contributed by atoms with van der Waals surface area (Å²) in [5.41, 5.74) is 1.21. The van der Waals surface area contributed by atoms with Gasteiger partial charge in [0.25, 0.3) is 0 Å². The molecule has 2 saturated heterocycles. The molecule has 1 aromatic rings. The van der Waals surface area contributed by atoms with E-state index in [9.17, 15) is 4.79 Å². The van der Waals surface area contributed by atoms with E-state index in [2.05, 4.69) is 17.4 Å². The average molecular weight is 202 g/mol. The van der Waals surface area contributed by atoms with Gasteiger partial charge in [0.2, 0.25) is 0 Å². The maximum Gasteiger partial charge on any atom is 0.318 e. The van der Waals surface area contributed by atoms with Crippen LogP contribution in [-0.2, 0) is 5.54 Å². The Kier molecular flexibility index (Phi) is 1.75. The van der Waals surface area contributed by atoms with Gasteiger partial charge in [-0.1, -0.05) is 30.3 Å². The van der Waals surface area contributed by atoms with Crippen LogP contribution in [0.3, 0.4) is 0 Å². The highest BCUT2D eigenvalue weighted by Gasteiger charge is 2.49. The molecule has 3 nitrogen and oxygen atoms in total.